The summed E-state index contributed by atoms with van der Waals surface area (Å²) < 4.78 is 3.39. The summed E-state index contributed by atoms with van der Waals surface area (Å²) in [5, 5.41) is 6.79. The van der Waals surface area contributed by atoms with Crippen LogP contribution in [0.5, 0.6) is 0 Å². The van der Waals surface area contributed by atoms with Gasteiger partial charge in [0.05, 0.1) is 12.2 Å². The van der Waals surface area contributed by atoms with E-state index in [0.717, 1.165) is 28.3 Å². The Labute approximate surface area is 149 Å². The van der Waals surface area contributed by atoms with Gasteiger partial charge in [0.15, 0.2) is 5.96 Å². The first-order valence-electron chi connectivity index (χ1n) is 7.80. The average molecular weight is 396 g/mol. The molecule has 2 aromatic heterocycles. The fourth-order valence-electron chi connectivity index (χ4n) is 2.74. The quantitative estimate of drug-likeness (QED) is 0.616. The van der Waals surface area contributed by atoms with Gasteiger partial charge in [-0.15, -0.1) is 0 Å². The summed E-state index contributed by atoms with van der Waals surface area (Å²) in [6.07, 6.45) is 6.63. The molecule has 7 heteroatoms. The second-order valence-electron chi connectivity index (χ2n) is 6.03. The molecule has 0 spiro atoms. The molecule has 1 fully saturated rings. The zero-order valence-electron chi connectivity index (χ0n) is 13.5. The summed E-state index contributed by atoms with van der Waals surface area (Å²) in [5.74, 6) is 2.10. The molecule has 2 N–H and O–H groups in total. The molecule has 3 heterocycles. The van der Waals surface area contributed by atoms with E-state index in [1.165, 1.54) is 18.6 Å². The minimum atomic E-state index is 0.326. The number of hydrogen-bond donors (Lipinski definition) is 2. The van der Waals surface area contributed by atoms with Crippen molar-refractivity contribution in [3.05, 3.63) is 34.7 Å². The van der Waals surface area contributed by atoms with Crippen LogP contribution < -0.4 is 10.6 Å². The first-order chi connectivity index (χ1) is 11.1. The van der Waals surface area contributed by atoms with E-state index < -0.39 is 0 Å². The number of guanidine groups is 1. The fraction of sp³-hybridized carbons (Fsp3) is 0.500. The number of imidazole rings is 1. The van der Waals surface area contributed by atoms with Crippen molar-refractivity contribution in [1.29, 1.82) is 0 Å². The SMILES string of the molecule is CN=C(NCc1cn2cc(Br)ccc2n1)NCC1(C)CCCS1. The molecule has 0 amide bonds. The van der Waals surface area contributed by atoms with Gasteiger partial charge in [0, 0.05) is 35.2 Å². The van der Waals surface area contributed by atoms with Crippen molar-refractivity contribution in [3.8, 4) is 0 Å². The van der Waals surface area contributed by atoms with E-state index in [0.29, 0.717) is 11.3 Å². The van der Waals surface area contributed by atoms with Crippen LogP contribution in [0.3, 0.4) is 0 Å². The maximum Gasteiger partial charge on any atom is 0.191 e. The third-order valence-corrected chi connectivity index (χ3v) is 6.06. The molecule has 3 rings (SSSR count). The maximum absolute atomic E-state index is 4.60. The third kappa shape index (κ3) is 4.20. The summed E-state index contributed by atoms with van der Waals surface area (Å²) in [4.78, 5) is 8.91. The van der Waals surface area contributed by atoms with Gasteiger partial charge in [-0.1, -0.05) is 0 Å². The normalized spacial score (nSPS) is 21.8. The Kier molecular flexibility index (Phi) is 5.16. The monoisotopic (exact) mass is 395 g/mol. The van der Waals surface area contributed by atoms with Crippen LogP contribution in [-0.4, -0.2) is 39.4 Å². The Morgan fingerprint density at radius 3 is 3.04 bits per heavy atom. The summed E-state index contributed by atoms with van der Waals surface area (Å²) >= 11 is 5.53. The van der Waals surface area contributed by atoms with Gasteiger partial charge in [-0.3, -0.25) is 4.99 Å². The van der Waals surface area contributed by atoms with E-state index in [9.17, 15) is 0 Å². The minimum Gasteiger partial charge on any atom is -0.355 e. The lowest BCUT2D eigenvalue weighted by molar-refractivity contribution is 0.584. The molecule has 124 valence electrons. The molecule has 1 saturated heterocycles. The van der Waals surface area contributed by atoms with Crippen molar-refractivity contribution in [3.63, 3.8) is 0 Å². The summed E-state index contributed by atoms with van der Waals surface area (Å²) in [6.45, 7) is 3.92. The zero-order chi connectivity index (χ0) is 16.3. The molecule has 2 aromatic rings. The largest absolute Gasteiger partial charge is 0.355 e. The van der Waals surface area contributed by atoms with E-state index >= 15 is 0 Å². The maximum atomic E-state index is 4.60. The Balaban J connectivity index is 1.56. The Bertz CT molecular complexity index is 706. The minimum absolute atomic E-state index is 0.326. The predicted molar refractivity (Wildman–Crippen MR) is 101 cm³/mol. The Hall–Kier alpha value is -1.21. The van der Waals surface area contributed by atoms with Crippen LogP contribution in [0.4, 0.5) is 0 Å². The molecule has 1 aliphatic rings. The molecule has 0 saturated carbocycles. The first-order valence-corrected chi connectivity index (χ1v) is 9.57. The van der Waals surface area contributed by atoms with Crippen LogP contribution in [0.25, 0.3) is 5.65 Å². The van der Waals surface area contributed by atoms with Crippen LogP contribution in [0.2, 0.25) is 0 Å². The number of hydrogen-bond acceptors (Lipinski definition) is 3. The molecule has 0 radical (unpaired) electrons. The highest BCUT2D eigenvalue weighted by Gasteiger charge is 2.29. The van der Waals surface area contributed by atoms with Gasteiger partial charge >= 0.3 is 0 Å². The Morgan fingerprint density at radius 1 is 1.43 bits per heavy atom. The van der Waals surface area contributed by atoms with E-state index in [4.69, 9.17) is 0 Å². The number of halogens is 1. The highest BCUT2D eigenvalue weighted by Crippen LogP contribution is 2.36. The molecule has 5 nitrogen and oxygen atoms in total. The summed E-state index contributed by atoms with van der Waals surface area (Å²) in [5.41, 5.74) is 1.94. The van der Waals surface area contributed by atoms with Crippen LogP contribution in [0, 0.1) is 0 Å². The van der Waals surface area contributed by atoms with Crippen LogP contribution in [0.15, 0.2) is 34.0 Å². The molecule has 0 bridgehead atoms. The van der Waals surface area contributed by atoms with Crippen LogP contribution >= 0.6 is 27.7 Å². The van der Waals surface area contributed by atoms with Gasteiger partial charge < -0.3 is 15.0 Å². The van der Waals surface area contributed by atoms with Gasteiger partial charge in [0.1, 0.15) is 5.65 Å². The molecular formula is C16H22BrN5S. The second-order valence-corrected chi connectivity index (χ2v) is 8.62. The van der Waals surface area contributed by atoms with Gasteiger partial charge in [-0.25, -0.2) is 4.98 Å². The lowest BCUT2D eigenvalue weighted by Gasteiger charge is -2.24. The first kappa shape index (κ1) is 16.6. The van der Waals surface area contributed by atoms with Gasteiger partial charge in [0.2, 0.25) is 0 Å². The number of nitrogens with one attached hydrogen (secondary N) is 2. The van der Waals surface area contributed by atoms with Gasteiger partial charge in [-0.2, -0.15) is 11.8 Å². The van der Waals surface area contributed by atoms with Crippen molar-refractivity contribution in [2.75, 3.05) is 19.3 Å². The number of aromatic nitrogens is 2. The van der Waals surface area contributed by atoms with Crippen molar-refractivity contribution < 1.29 is 0 Å². The second kappa shape index (κ2) is 7.13. The molecule has 0 aliphatic carbocycles. The van der Waals surface area contributed by atoms with Crippen molar-refractivity contribution in [2.45, 2.75) is 31.1 Å². The van der Waals surface area contributed by atoms with E-state index in [2.05, 4.69) is 55.2 Å². The summed E-state index contributed by atoms with van der Waals surface area (Å²) in [7, 11) is 1.81. The number of thioether (sulfide) groups is 1. The standard InChI is InChI=1S/C16H22BrN5S/c1-16(6-3-7-23-16)11-20-15(18-2)19-8-13-10-22-9-12(17)4-5-14(22)21-13/h4-5,9-10H,3,6-8,11H2,1-2H3,(H2,18,19,20). The highest BCUT2D eigenvalue weighted by atomic mass is 79.9. The summed E-state index contributed by atoms with van der Waals surface area (Å²) in [6, 6.07) is 4.00. The lowest BCUT2D eigenvalue weighted by Crippen LogP contribution is -2.43. The topological polar surface area (TPSA) is 53.7 Å². The molecule has 1 atom stereocenters. The molecule has 23 heavy (non-hydrogen) atoms. The van der Waals surface area contributed by atoms with Gasteiger partial charge in [0.25, 0.3) is 0 Å². The third-order valence-electron chi connectivity index (χ3n) is 4.06. The van der Waals surface area contributed by atoms with Crippen molar-refractivity contribution in [2.24, 2.45) is 4.99 Å². The molecular weight excluding hydrogens is 374 g/mol. The van der Waals surface area contributed by atoms with Gasteiger partial charge in [-0.05, 0) is 53.6 Å². The average Bonchev–Trinajstić information content (AvgIpc) is 3.13. The van der Waals surface area contributed by atoms with E-state index in [1.54, 1.807) is 7.05 Å². The fourth-order valence-corrected chi connectivity index (χ4v) is 4.34. The predicted octanol–water partition coefficient (Wildman–Crippen LogP) is 3.05. The van der Waals surface area contributed by atoms with E-state index in [1.807, 2.05) is 28.9 Å². The molecule has 0 aromatic carbocycles. The van der Waals surface area contributed by atoms with Crippen molar-refractivity contribution in [1.82, 2.24) is 20.0 Å². The zero-order valence-corrected chi connectivity index (χ0v) is 15.9. The molecule has 1 aliphatic heterocycles. The number of nitrogens with zero attached hydrogens (tertiary/aromatic N) is 3. The van der Waals surface area contributed by atoms with Crippen molar-refractivity contribution >= 4 is 39.3 Å². The van der Waals surface area contributed by atoms with E-state index in [-0.39, 0.29) is 0 Å². The lowest BCUT2D eigenvalue weighted by atomic mass is 10.1. The molecule has 1 unspecified atom stereocenters. The number of rotatable bonds is 4. The number of pyridine rings is 1. The highest BCUT2D eigenvalue weighted by molar-refractivity contribution is 9.10. The van der Waals surface area contributed by atoms with Crippen LogP contribution in [0.1, 0.15) is 25.5 Å². The number of fused-ring (bicyclic) bond motifs is 1. The Morgan fingerprint density at radius 2 is 2.30 bits per heavy atom. The number of aliphatic imine (C=N–C) groups is 1. The smallest absolute Gasteiger partial charge is 0.191 e. The van der Waals surface area contributed by atoms with Crippen LogP contribution in [-0.2, 0) is 6.54 Å².